The number of aromatic nitrogens is 2. The van der Waals surface area contributed by atoms with E-state index in [-0.39, 0.29) is 0 Å². The van der Waals surface area contributed by atoms with Crippen molar-refractivity contribution in [2.24, 2.45) is 0 Å². The highest BCUT2D eigenvalue weighted by atomic mass is 79.9. The topological polar surface area (TPSA) is 37.9 Å². The van der Waals surface area contributed by atoms with E-state index in [1.54, 1.807) is 7.11 Å². The zero-order valence-corrected chi connectivity index (χ0v) is 11.1. The monoisotopic (exact) mass is 292 g/mol. The lowest BCUT2D eigenvalue weighted by atomic mass is 10.2. The molecule has 1 heterocycles. The molecule has 1 aliphatic carbocycles. The molecule has 1 aromatic heterocycles. The first-order valence-corrected chi connectivity index (χ1v) is 6.46. The molecule has 88 valence electrons. The molecule has 17 heavy (non-hydrogen) atoms. The number of hydrogen-bond donors (Lipinski definition) is 1. The van der Waals surface area contributed by atoms with Gasteiger partial charge >= 0.3 is 0 Å². The van der Waals surface area contributed by atoms with Crippen molar-refractivity contribution in [2.75, 3.05) is 7.11 Å². The largest absolute Gasteiger partial charge is 0.497 e. The number of nitrogens with one attached hydrogen (secondary N) is 1. The number of imidazole rings is 1. The van der Waals surface area contributed by atoms with Gasteiger partial charge in [-0.15, -0.1) is 0 Å². The summed E-state index contributed by atoms with van der Waals surface area (Å²) < 4.78 is 6.17. The lowest BCUT2D eigenvalue weighted by molar-refractivity contribution is 0.414. The van der Waals surface area contributed by atoms with Crippen molar-refractivity contribution in [3.63, 3.8) is 0 Å². The van der Waals surface area contributed by atoms with Gasteiger partial charge in [0.1, 0.15) is 11.6 Å². The van der Waals surface area contributed by atoms with Crippen LogP contribution >= 0.6 is 15.9 Å². The molecule has 0 atom stereocenters. The quantitative estimate of drug-likeness (QED) is 0.936. The third kappa shape index (κ3) is 2.09. The minimum Gasteiger partial charge on any atom is -0.497 e. The molecular weight excluding hydrogens is 280 g/mol. The first kappa shape index (κ1) is 10.8. The molecule has 1 N–H and O–H groups in total. The summed E-state index contributed by atoms with van der Waals surface area (Å²) >= 11 is 3.55. The van der Waals surface area contributed by atoms with Crippen molar-refractivity contribution >= 4 is 15.9 Å². The fourth-order valence-electron chi connectivity index (χ4n) is 1.89. The molecule has 4 heteroatoms. The van der Waals surface area contributed by atoms with Crippen LogP contribution in [0.1, 0.15) is 24.5 Å². The number of rotatable bonds is 3. The lowest BCUT2D eigenvalue weighted by Gasteiger charge is -2.04. The van der Waals surface area contributed by atoms with Crippen LogP contribution in [0.4, 0.5) is 0 Å². The summed E-state index contributed by atoms with van der Waals surface area (Å²) in [7, 11) is 1.67. The molecular formula is C13H13BrN2O. The smallest absolute Gasteiger partial charge is 0.138 e. The fraction of sp³-hybridized carbons (Fsp3) is 0.308. The predicted octanol–water partition coefficient (Wildman–Crippen LogP) is 3.73. The Hall–Kier alpha value is -1.29. The Bertz CT molecular complexity index is 546. The molecule has 0 saturated heterocycles. The van der Waals surface area contributed by atoms with Gasteiger partial charge in [0.2, 0.25) is 0 Å². The van der Waals surface area contributed by atoms with Crippen molar-refractivity contribution < 1.29 is 4.74 Å². The molecule has 3 rings (SSSR count). The predicted molar refractivity (Wildman–Crippen MR) is 70.3 cm³/mol. The van der Waals surface area contributed by atoms with Crippen molar-refractivity contribution in [3.05, 3.63) is 34.6 Å². The number of halogens is 1. The van der Waals surface area contributed by atoms with Gasteiger partial charge in [0.05, 0.1) is 7.11 Å². The van der Waals surface area contributed by atoms with E-state index in [1.165, 1.54) is 18.5 Å². The maximum Gasteiger partial charge on any atom is 0.138 e. The van der Waals surface area contributed by atoms with Crippen LogP contribution in [0.2, 0.25) is 0 Å². The zero-order valence-electron chi connectivity index (χ0n) is 9.53. The van der Waals surface area contributed by atoms with Crippen LogP contribution in [0.3, 0.4) is 0 Å². The van der Waals surface area contributed by atoms with Crippen molar-refractivity contribution in [2.45, 2.75) is 18.8 Å². The highest BCUT2D eigenvalue weighted by Gasteiger charge is 2.25. The average Bonchev–Trinajstić information content (AvgIpc) is 3.08. The number of hydrogen-bond acceptors (Lipinski definition) is 2. The van der Waals surface area contributed by atoms with E-state index in [0.29, 0.717) is 5.92 Å². The minimum atomic E-state index is 0.702. The van der Waals surface area contributed by atoms with Gasteiger partial charge in [0, 0.05) is 27.8 Å². The summed E-state index contributed by atoms with van der Waals surface area (Å²) in [5.41, 5.74) is 2.32. The number of nitrogens with zero attached hydrogens (tertiary/aromatic N) is 1. The number of aromatic amines is 1. The molecule has 0 bridgehead atoms. The highest BCUT2D eigenvalue weighted by molar-refractivity contribution is 9.10. The molecule has 0 unspecified atom stereocenters. The van der Waals surface area contributed by atoms with Crippen molar-refractivity contribution in [1.82, 2.24) is 9.97 Å². The molecule has 3 nitrogen and oxygen atoms in total. The van der Waals surface area contributed by atoms with Crippen molar-refractivity contribution in [3.8, 4) is 17.1 Å². The van der Waals surface area contributed by atoms with Crippen LogP contribution in [0.25, 0.3) is 11.4 Å². The van der Waals surface area contributed by atoms with Gasteiger partial charge in [-0.1, -0.05) is 0 Å². The Labute approximate surface area is 108 Å². The zero-order chi connectivity index (χ0) is 11.8. The van der Waals surface area contributed by atoms with E-state index >= 15 is 0 Å². The summed E-state index contributed by atoms with van der Waals surface area (Å²) in [6.45, 7) is 0. The molecule has 1 aromatic carbocycles. The number of benzene rings is 1. The molecule has 2 aromatic rings. The van der Waals surface area contributed by atoms with E-state index in [4.69, 9.17) is 4.74 Å². The number of H-pyrrole nitrogens is 1. The lowest BCUT2D eigenvalue weighted by Crippen LogP contribution is -1.86. The Balaban J connectivity index is 1.96. The number of ether oxygens (including phenoxy) is 1. The third-order valence-electron chi connectivity index (χ3n) is 3.04. The van der Waals surface area contributed by atoms with Crippen LogP contribution in [0, 0.1) is 0 Å². The molecule has 0 spiro atoms. The summed E-state index contributed by atoms with van der Waals surface area (Å²) in [6.07, 6.45) is 4.51. The Morgan fingerprint density at radius 1 is 1.41 bits per heavy atom. The van der Waals surface area contributed by atoms with E-state index in [2.05, 4.69) is 25.9 Å². The van der Waals surface area contributed by atoms with Crippen LogP contribution in [-0.4, -0.2) is 17.1 Å². The van der Waals surface area contributed by atoms with E-state index in [9.17, 15) is 0 Å². The van der Waals surface area contributed by atoms with Crippen LogP contribution < -0.4 is 4.74 Å². The average molecular weight is 293 g/mol. The maximum atomic E-state index is 5.18. The first-order chi connectivity index (χ1) is 8.28. The van der Waals surface area contributed by atoms with Gasteiger partial charge in [-0.05, 0) is 47.0 Å². The summed E-state index contributed by atoms with van der Waals surface area (Å²) in [5, 5.41) is 0. The Kier molecular flexibility index (Phi) is 2.67. The van der Waals surface area contributed by atoms with E-state index in [1.807, 2.05) is 24.4 Å². The fourth-order valence-corrected chi connectivity index (χ4v) is 2.43. The van der Waals surface area contributed by atoms with Crippen molar-refractivity contribution in [1.29, 1.82) is 0 Å². The van der Waals surface area contributed by atoms with Gasteiger partial charge in [0.15, 0.2) is 0 Å². The highest BCUT2D eigenvalue weighted by Crippen LogP contribution is 2.40. The molecule has 1 fully saturated rings. The molecule has 1 saturated carbocycles. The Morgan fingerprint density at radius 2 is 2.24 bits per heavy atom. The second kappa shape index (κ2) is 4.18. The van der Waals surface area contributed by atoms with Gasteiger partial charge in [-0.3, -0.25) is 0 Å². The van der Waals surface area contributed by atoms with E-state index < -0.39 is 0 Å². The normalized spacial score (nSPS) is 14.9. The summed E-state index contributed by atoms with van der Waals surface area (Å²) in [4.78, 5) is 7.83. The van der Waals surface area contributed by atoms with Gasteiger partial charge in [0.25, 0.3) is 0 Å². The second-order valence-electron chi connectivity index (χ2n) is 4.31. The SMILES string of the molecule is COc1ccc(-c2ncc(C3CC3)[nH]2)c(Br)c1. The molecule has 0 amide bonds. The van der Waals surface area contributed by atoms with E-state index in [0.717, 1.165) is 21.6 Å². The van der Waals surface area contributed by atoms with Gasteiger partial charge in [-0.2, -0.15) is 0 Å². The first-order valence-electron chi connectivity index (χ1n) is 5.67. The van der Waals surface area contributed by atoms with Crippen LogP contribution in [-0.2, 0) is 0 Å². The van der Waals surface area contributed by atoms with Gasteiger partial charge < -0.3 is 9.72 Å². The Morgan fingerprint density at radius 3 is 2.88 bits per heavy atom. The third-order valence-corrected chi connectivity index (χ3v) is 3.70. The maximum absolute atomic E-state index is 5.18. The standard InChI is InChI=1S/C13H13BrN2O/c1-17-9-4-5-10(11(14)6-9)13-15-7-12(16-13)8-2-3-8/h4-8H,2-3H2,1H3,(H,15,16). The molecule has 1 aliphatic rings. The molecule has 0 aliphatic heterocycles. The minimum absolute atomic E-state index is 0.702. The second-order valence-corrected chi connectivity index (χ2v) is 5.16. The summed E-state index contributed by atoms with van der Waals surface area (Å²) in [5.74, 6) is 2.46. The van der Waals surface area contributed by atoms with Crippen LogP contribution in [0.5, 0.6) is 5.75 Å². The molecule has 0 radical (unpaired) electrons. The van der Waals surface area contributed by atoms with Crippen LogP contribution in [0.15, 0.2) is 28.9 Å². The number of methoxy groups -OCH3 is 1. The summed E-state index contributed by atoms with van der Waals surface area (Å²) in [6, 6.07) is 5.91. The van der Waals surface area contributed by atoms with Gasteiger partial charge in [-0.25, -0.2) is 4.98 Å².